The number of benzene rings is 3. The number of nitrogens with one attached hydrogen (secondary N) is 1. The minimum Gasteiger partial charge on any atom is -0.325 e. The van der Waals surface area contributed by atoms with Crippen molar-refractivity contribution in [1.29, 1.82) is 0 Å². The highest BCUT2D eigenvalue weighted by atomic mass is 79.9. The lowest BCUT2D eigenvalue weighted by Gasteiger charge is -2.30. The maximum atomic E-state index is 13.9. The summed E-state index contributed by atoms with van der Waals surface area (Å²) in [7, 11) is 0. The molecule has 2 aliphatic heterocycles. The first-order valence-electron chi connectivity index (χ1n) is 12.1. The number of aromatic nitrogens is 1. The van der Waals surface area contributed by atoms with Gasteiger partial charge in [-0.3, -0.25) is 23.7 Å². The Bertz CT molecular complexity index is 1710. The number of carbonyl (C=O) groups excluding carboxylic acids is 3. The molecule has 3 amide bonds. The van der Waals surface area contributed by atoms with Crippen molar-refractivity contribution in [2.24, 2.45) is 5.92 Å². The van der Waals surface area contributed by atoms with E-state index in [1.54, 1.807) is 48.5 Å². The second kappa shape index (κ2) is 10.6. The smallest absolute Gasteiger partial charge is 0.308 e. The Morgan fingerprint density at radius 2 is 1.62 bits per heavy atom. The Morgan fingerprint density at radius 3 is 2.30 bits per heavy atom. The second-order valence-electron chi connectivity index (χ2n) is 9.26. The third-order valence-electron chi connectivity index (χ3n) is 6.79. The van der Waals surface area contributed by atoms with Crippen LogP contribution in [0.3, 0.4) is 0 Å². The highest BCUT2D eigenvalue weighted by molar-refractivity contribution is 9.10. The Kier molecular flexibility index (Phi) is 7.16. The maximum absolute atomic E-state index is 13.9. The number of imide groups is 1. The van der Waals surface area contributed by atoms with Crippen LogP contribution in [0.4, 0.5) is 15.8 Å². The van der Waals surface area contributed by atoms with E-state index in [1.807, 2.05) is 0 Å². The van der Waals surface area contributed by atoms with Crippen LogP contribution < -0.4 is 15.1 Å². The summed E-state index contributed by atoms with van der Waals surface area (Å²) >= 11 is 11.6. The third-order valence-corrected chi connectivity index (χ3v) is 10.2. The fourth-order valence-electron chi connectivity index (χ4n) is 5.01. The van der Waals surface area contributed by atoms with Gasteiger partial charge in [0.2, 0.25) is 17.7 Å². The number of fused-ring (bicyclic) bond motifs is 2. The van der Waals surface area contributed by atoms with Gasteiger partial charge in [-0.15, -0.1) is 0 Å². The Balaban J connectivity index is 1.40. The fourth-order valence-corrected chi connectivity index (χ4v) is 8.17. The summed E-state index contributed by atoms with van der Waals surface area (Å²) < 4.78 is 15.4. The van der Waals surface area contributed by atoms with Gasteiger partial charge in [0.25, 0.3) is 0 Å². The first-order valence-corrected chi connectivity index (χ1v) is 14.9. The molecule has 1 aromatic heterocycles. The molecule has 1 fully saturated rings. The molecule has 12 heteroatoms. The van der Waals surface area contributed by atoms with E-state index in [1.165, 1.54) is 33.7 Å². The molecule has 0 bridgehead atoms. The number of rotatable bonds is 5. The van der Waals surface area contributed by atoms with Crippen LogP contribution in [0, 0.1) is 11.7 Å². The molecule has 0 spiro atoms. The molecular weight excluding hydrogens is 641 g/mol. The van der Waals surface area contributed by atoms with Crippen molar-refractivity contribution in [1.82, 2.24) is 4.57 Å². The van der Waals surface area contributed by atoms with Crippen molar-refractivity contribution in [3.05, 3.63) is 108 Å². The lowest BCUT2D eigenvalue weighted by atomic mass is 9.83. The number of hydrogen-bond donors (Lipinski definition) is 1. The van der Waals surface area contributed by atoms with Gasteiger partial charge in [0.05, 0.1) is 16.6 Å². The van der Waals surface area contributed by atoms with E-state index in [0.29, 0.717) is 26.3 Å². The molecule has 3 atom stereocenters. The third kappa shape index (κ3) is 4.81. The zero-order valence-electron chi connectivity index (χ0n) is 20.3. The number of nitrogens with zero attached hydrogens (tertiary/aromatic N) is 2. The largest absolute Gasteiger partial charge is 0.325 e. The van der Waals surface area contributed by atoms with Crippen LogP contribution in [0.25, 0.3) is 0 Å². The maximum Gasteiger partial charge on any atom is 0.308 e. The first kappa shape index (κ1) is 26.9. The van der Waals surface area contributed by atoms with Crippen LogP contribution in [0.2, 0.25) is 5.02 Å². The standard InChI is InChI=1S/C28H18BrClFN3O4S2/c29-15-3-11-19(12-4-15)34-25(36)22-21(14-1-5-16(30)6-2-14)24-27(39-23(22)26(34)37)33(28(38)40-24)13-20(35)32-18-9-7-17(31)8-10-18/h1-12,21-23H,13H2,(H,32,35). The van der Waals surface area contributed by atoms with E-state index >= 15 is 0 Å². The van der Waals surface area contributed by atoms with Crippen LogP contribution >= 0.6 is 50.6 Å². The predicted octanol–water partition coefficient (Wildman–Crippen LogP) is 5.90. The fraction of sp³-hybridized carbons (Fsp3) is 0.143. The molecule has 7 nitrogen and oxygen atoms in total. The number of thiazole rings is 1. The Hall–Kier alpha value is -3.25. The summed E-state index contributed by atoms with van der Waals surface area (Å²) in [6.45, 7) is -0.307. The second-order valence-corrected chi connectivity index (χ2v) is 12.7. The zero-order chi connectivity index (χ0) is 28.1. The SMILES string of the molecule is O=C(Cn1c2c(sc1=O)C(c1ccc(Cl)cc1)C1C(=O)N(c3ccc(Br)cc3)C(=O)C1S2)Nc1ccc(F)cc1. The molecule has 3 aromatic carbocycles. The highest BCUT2D eigenvalue weighted by Gasteiger charge is 2.56. The predicted molar refractivity (Wildman–Crippen MR) is 157 cm³/mol. The summed E-state index contributed by atoms with van der Waals surface area (Å²) in [5.41, 5.74) is 1.59. The lowest BCUT2D eigenvalue weighted by molar-refractivity contribution is -0.122. The summed E-state index contributed by atoms with van der Waals surface area (Å²) in [6, 6.07) is 19.2. The van der Waals surface area contributed by atoms with Gasteiger partial charge in [0, 0.05) is 26.0 Å². The average molecular weight is 659 g/mol. The van der Waals surface area contributed by atoms with E-state index in [4.69, 9.17) is 11.6 Å². The first-order chi connectivity index (χ1) is 19.2. The van der Waals surface area contributed by atoms with E-state index in [9.17, 15) is 23.6 Å². The monoisotopic (exact) mass is 657 g/mol. The van der Waals surface area contributed by atoms with Gasteiger partial charge >= 0.3 is 4.87 Å². The van der Waals surface area contributed by atoms with Crippen molar-refractivity contribution in [2.75, 3.05) is 10.2 Å². The van der Waals surface area contributed by atoms with Gasteiger partial charge in [-0.2, -0.15) is 0 Å². The number of halogens is 3. The molecule has 0 radical (unpaired) electrons. The van der Waals surface area contributed by atoms with E-state index < -0.39 is 28.8 Å². The minimum absolute atomic E-state index is 0.307. The number of amides is 3. The van der Waals surface area contributed by atoms with E-state index in [-0.39, 0.29) is 23.2 Å². The number of thioether (sulfide) groups is 1. The lowest BCUT2D eigenvalue weighted by Crippen LogP contribution is -2.33. The van der Waals surface area contributed by atoms with Gasteiger partial charge < -0.3 is 5.32 Å². The number of anilines is 2. The van der Waals surface area contributed by atoms with Gasteiger partial charge in [-0.05, 0) is 66.2 Å². The van der Waals surface area contributed by atoms with Gasteiger partial charge in [-0.1, -0.05) is 62.8 Å². The number of hydrogen-bond acceptors (Lipinski definition) is 6. The molecule has 4 aromatic rings. The van der Waals surface area contributed by atoms with Crippen LogP contribution in [-0.4, -0.2) is 27.5 Å². The quantitative estimate of drug-likeness (QED) is 0.270. The molecule has 3 heterocycles. The highest BCUT2D eigenvalue weighted by Crippen LogP contribution is 2.54. The van der Waals surface area contributed by atoms with E-state index in [0.717, 1.165) is 33.1 Å². The molecule has 40 heavy (non-hydrogen) atoms. The minimum atomic E-state index is -0.801. The van der Waals surface area contributed by atoms with Gasteiger partial charge in [-0.25, -0.2) is 9.29 Å². The van der Waals surface area contributed by atoms with E-state index in [2.05, 4.69) is 21.2 Å². The molecule has 0 saturated carbocycles. The van der Waals surface area contributed by atoms with Crippen LogP contribution in [0.1, 0.15) is 16.4 Å². The molecule has 6 rings (SSSR count). The molecule has 1 N–H and O–H groups in total. The Labute approximate surface area is 249 Å². The molecule has 3 unspecified atom stereocenters. The van der Waals surface area contributed by atoms with Crippen molar-refractivity contribution in [3.8, 4) is 0 Å². The molecule has 202 valence electrons. The van der Waals surface area contributed by atoms with Crippen LogP contribution in [-0.2, 0) is 20.9 Å². The summed E-state index contributed by atoms with van der Waals surface area (Å²) in [5.74, 6) is -2.99. The van der Waals surface area contributed by atoms with Crippen LogP contribution in [0.15, 0.2) is 87.1 Å². The summed E-state index contributed by atoms with van der Waals surface area (Å²) in [4.78, 5) is 55.1. The van der Waals surface area contributed by atoms with Crippen molar-refractivity contribution >= 4 is 79.7 Å². The summed E-state index contributed by atoms with van der Waals surface area (Å²) in [6.07, 6.45) is 0. The zero-order valence-corrected chi connectivity index (χ0v) is 24.3. The molecule has 2 aliphatic rings. The normalized spacial score (nSPS) is 19.9. The number of carbonyl (C=O) groups is 3. The summed E-state index contributed by atoms with van der Waals surface area (Å²) in [5, 5.41) is 2.86. The van der Waals surface area contributed by atoms with Crippen molar-refractivity contribution < 1.29 is 18.8 Å². The molecule has 1 saturated heterocycles. The Morgan fingerprint density at radius 1 is 0.950 bits per heavy atom. The van der Waals surface area contributed by atoms with Gasteiger partial charge in [0.1, 0.15) is 17.6 Å². The van der Waals surface area contributed by atoms with Gasteiger partial charge in [0.15, 0.2) is 0 Å². The topological polar surface area (TPSA) is 88.5 Å². The van der Waals surface area contributed by atoms with Crippen molar-refractivity contribution in [3.63, 3.8) is 0 Å². The average Bonchev–Trinajstić information content (AvgIpc) is 3.37. The van der Waals surface area contributed by atoms with Crippen molar-refractivity contribution in [2.45, 2.75) is 22.7 Å². The molecular formula is C28H18BrClFN3O4S2. The van der Waals surface area contributed by atoms with Crippen LogP contribution in [0.5, 0.6) is 0 Å². The molecule has 0 aliphatic carbocycles.